The van der Waals surface area contributed by atoms with Gasteiger partial charge in [-0.15, -0.1) is 0 Å². The third-order valence-corrected chi connectivity index (χ3v) is 3.07. The lowest BCUT2D eigenvalue weighted by Gasteiger charge is -2.14. The number of hydrogen-bond donors (Lipinski definition) is 0. The van der Waals surface area contributed by atoms with E-state index in [1.807, 2.05) is 0 Å². The van der Waals surface area contributed by atoms with Gasteiger partial charge in [0.2, 0.25) is 0 Å². The quantitative estimate of drug-likeness (QED) is 0.520. The number of carbonyl (C=O) groups excluding carboxylic acids is 1. The van der Waals surface area contributed by atoms with Gasteiger partial charge in [-0.25, -0.2) is 0 Å². The van der Waals surface area contributed by atoms with Crippen molar-refractivity contribution in [2.75, 3.05) is 6.61 Å². The van der Waals surface area contributed by atoms with Crippen LogP contribution in [0.15, 0.2) is 0 Å². The molecule has 1 unspecified atom stereocenters. The summed E-state index contributed by atoms with van der Waals surface area (Å²) < 4.78 is 5.22. The topological polar surface area (TPSA) is 26.3 Å². The summed E-state index contributed by atoms with van der Waals surface area (Å²) in [6, 6.07) is 0. The minimum Gasteiger partial charge on any atom is -0.466 e. The van der Waals surface area contributed by atoms with Crippen LogP contribution in [0.3, 0.4) is 0 Å². The molecule has 0 aromatic heterocycles. The van der Waals surface area contributed by atoms with Gasteiger partial charge in [-0.3, -0.25) is 4.79 Å². The molecule has 1 atom stereocenters. The summed E-state index contributed by atoms with van der Waals surface area (Å²) in [5.41, 5.74) is 0. The molecule has 0 aliphatic carbocycles. The molecule has 0 spiro atoms. The van der Waals surface area contributed by atoms with Crippen molar-refractivity contribution < 1.29 is 9.53 Å². The average Bonchev–Trinajstić information content (AvgIpc) is 2.30. The van der Waals surface area contributed by atoms with Crippen molar-refractivity contribution in [3.63, 3.8) is 0 Å². The molecule has 0 aromatic rings. The predicted molar refractivity (Wildman–Crippen MR) is 68.4 cm³/mol. The first kappa shape index (κ1) is 15.5. The van der Waals surface area contributed by atoms with Crippen LogP contribution in [0.5, 0.6) is 0 Å². The van der Waals surface area contributed by atoms with E-state index in [1.165, 1.54) is 25.7 Å². The van der Waals surface area contributed by atoms with Crippen molar-refractivity contribution in [3.05, 3.63) is 0 Å². The Hall–Kier alpha value is -0.530. The molecule has 0 aliphatic heterocycles. The molecule has 0 N–H and O–H groups in total. The molecule has 0 fully saturated rings. The van der Waals surface area contributed by atoms with E-state index in [0.29, 0.717) is 13.0 Å². The highest BCUT2D eigenvalue weighted by atomic mass is 16.5. The van der Waals surface area contributed by atoms with Crippen LogP contribution < -0.4 is 0 Å². The molecular formula is C14H28O2. The maximum absolute atomic E-state index is 11.3. The highest BCUT2D eigenvalue weighted by Gasteiger charge is 2.07. The number of unbranched alkanes of at least 4 members (excludes halogenated alkanes) is 2. The van der Waals surface area contributed by atoms with Gasteiger partial charge < -0.3 is 4.74 Å². The molecule has 0 heterocycles. The van der Waals surface area contributed by atoms with E-state index >= 15 is 0 Å². The van der Waals surface area contributed by atoms with Gasteiger partial charge in [0, 0.05) is 6.42 Å². The normalized spacial score (nSPS) is 12.4. The van der Waals surface area contributed by atoms with Crippen molar-refractivity contribution in [2.45, 2.75) is 72.1 Å². The Morgan fingerprint density at radius 2 is 1.75 bits per heavy atom. The fourth-order valence-corrected chi connectivity index (χ4v) is 1.78. The number of ether oxygens (including phenoxy) is 1. The second kappa shape index (κ2) is 11.0. The molecule has 0 radical (unpaired) electrons. The molecule has 0 amide bonds. The zero-order valence-electron chi connectivity index (χ0n) is 11.3. The van der Waals surface area contributed by atoms with E-state index in [1.54, 1.807) is 0 Å². The van der Waals surface area contributed by atoms with Crippen LogP contribution in [0.1, 0.15) is 72.1 Å². The van der Waals surface area contributed by atoms with E-state index in [2.05, 4.69) is 20.8 Å². The van der Waals surface area contributed by atoms with Gasteiger partial charge in [0.1, 0.15) is 0 Å². The van der Waals surface area contributed by atoms with Crippen LogP contribution in [0.2, 0.25) is 0 Å². The summed E-state index contributed by atoms with van der Waals surface area (Å²) >= 11 is 0. The molecule has 0 aliphatic rings. The SMILES string of the molecule is CCCCC(=O)OCCC(CC)CCCC. The van der Waals surface area contributed by atoms with Crippen LogP contribution in [0.4, 0.5) is 0 Å². The molecule has 0 rings (SSSR count). The highest BCUT2D eigenvalue weighted by Crippen LogP contribution is 2.16. The van der Waals surface area contributed by atoms with Crippen molar-refractivity contribution in [1.82, 2.24) is 0 Å². The number of rotatable bonds is 10. The smallest absolute Gasteiger partial charge is 0.305 e. The molecule has 96 valence electrons. The zero-order valence-corrected chi connectivity index (χ0v) is 11.3. The summed E-state index contributed by atoms with van der Waals surface area (Å²) in [5.74, 6) is 0.714. The maximum atomic E-state index is 11.3. The summed E-state index contributed by atoms with van der Waals surface area (Å²) in [4.78, 5) is 11.3. The van der Waals surface area contributed by atoms with Crippen LogP contribution in [0.25, 0.3) is 0 Å². The summed E-state index contributed by atoms with van der Waals surface area (Å²) in [5, 5.41) is 0. The Kier molecular flexibility index (Phi) is 10.6. The molecule has 2 nitrogen and oxygen atoms in total. The van der Waals surface area contributed by atoms with Gasteiger partial charge in [-0.1, -0.05) is 52.9 Å². The molecule has 0 saturated heterocycles. The highest BCUT2D eigenvalue weighted by molar-refractivity contribution is 5.69. The monoisotopic (exact) mass is 228 g/mol. The number of carbonyl (C=O) groups is 1. The van der Waals surface area contributed by atoms with E-state index in [0.717, 1.165) is 25.2 Å². The lowest BCUT2D eigenvalue weighted by molar-refractivity contribution is -0.144. The second-order valence-corrected chi connectivity index (χ2v) is 4.53. The summed E-state index contributed by atoms with van der Waals surface area (Å²) in [7, 11) is 0. The van der Waals surface area contributed by atoms with E-state index in [9.17, 15) is 4.79 Å². The van der Waals surface area contributed by atoms with Gasteiger partial charge >= 0.3 is 5.97 Å². The lowest BCUT2D eigenvalue weighted by atomic mass is 9.96. The van der Waals surface area contributed by atoms with Gasteiger partial charge in [0.05, 0.1) is 6.61 Å². The summed E-state index contributed by atoms with van der Waals surface area (Å²) in [6.45, 7) is 7.15. The molecule has 2 heteroatoms. The van der Waals surface area contributed by atoms with Gasteiger partial charge in [0.15, 0.2) is 0 Å². The third kappa shape index (κ3) is 8.75. The van der Waals surface area contributed by atoms with Gasteiger partial charge in [0.25, 0.3) is 0 Å². The first-order valence-corrected chi connectivity index (χ1v) is 6.90. The molecule has 0 saturated carbocycles. The Morgan fingerprint density at radius 1 is 1.06 bits per heavy atom. The van der Waals surface area contributed by atoms with Crippen molar-refractivity contribution in [3.8, 4) is 0 Å². The lowest BCUT2D eigenvalue weighted by Crippen LogP contribution is -2.09. The van der Waals surface area contributed by atoms with Crippen LogP contribution in [-0.4, -0.2) is 12.6 Å². The fourth-order valence-electron chi connectivity index (χ4n) is 1.78. The minimum atomic E-state index is -0.0211. The van der Waals surface area contributed by atoms with E-state index < -0.39 is 0 Å². The zero-order chi connectivity index (χ0) is 12.2. The standard InChI is InChI=1S/C14H28O2/c1-4-7-9-13(6-3)11-12-16-14(15)10-8-5-2/h13H,4-12H2,1-3H3. The fraction of sp³-hybridized carbons (Fsp3) is 0.929. The number of hydrogen-bond acceptors (Lipinski definition) is 2. The van der Waals surface area contributed by atoms with E-state index in [4.69, 9.17) is 4.74 Å². The van der Waals surface area contributed by atoms with E-state index in [-0.39, 0.29) is 5.97 Å². The first-order chi connectivity index (χ1) is 7.74. The van der Waals surface area contributed by atoms with Crippen molar-refractivity contribution in [1.29, 1.82) is 0 Å². The Morgan fingerprint density at radius 3 is 2.31 bits per heavy atom. The van der Waals surface area contributed by atoms with Crippen LogP contribution >= 0.6 is 0 Å². The average molecular weight is 228 g/mol. The third-order valence-electron chi connectivity index (χ3n) is 3.07. The Labute approximate surface area is 101 Å². The van der Waals surface area contributed by atoms with Gasteiger partial charge in [-0.2, -0.15) is 0 Å². The molecule has 0 bridgehead atoms. The van der Waals surface area contributed by atoms with Crippen molar-refractivity contribution >= 4 is 5.97 Å². The molecule has 0 aromatic carbocycles. The maximum Gasteiger partial charge on any atom is 0.305 e. The Balaban J connectivity index is 3.49. The minimum absolute atomic E-state index is 0.0211. The van der Waals surface area contributed by atoms with Crippen LogP contribution in [-0.2, 0) is 9.53 Å². The first-order valence-electron chi connectivity index (χ1n) is 6.90. The van der Waals surface area contributed by atoms with Gasteiger partial charge in [-0.05, 0) is 18.8 Å². The Bertz CT molecular complexity index is 166. The van der Waals surface area contributed by atoms with Crippen molar-refractivity contribution in [2.24, 2.45) is 5.92 Å². The predicted octanol–water partition coefficient (Wildman–Crippen LogP) is 4.33. The van der Waals surface area contributed by atoms with Crippen LogP contribution in [0, 0.1) is 5.92 Å². The number of esters is 1. The molecular weight excluding hydrogens is 200 g/mol. The second-order valence-electron chi connectivity index (χ2n) is 4.53. The molecule has 16 heavy (non-hydrogen) atoms. The summed E-state index contributed by atoms with van der Waals surface area (Å²) in [6.07, 6.45) is 8.66. The largest absolute Gasteiger partial charge is 0.466 e.